The molecule has 4 bridgehead atoms. The molecule has 0 radical (unpaired) electrons. The Morgan fingerprint density at radius 2 is 1.26 bits per heavy atom. The molecule has 0 unspecified atom stereocenters. The summed E-state index contributed by atoms with van der Waals surface area (Å²) in [5, 5.41) is 2.16. The van der Waals surface area contributed by atoms with E-state index >= 15 is 0 Å². The number of para-hydroxylation sites is 2. The van der Waals surface area contributed by atoms with E-state index in [0.717, 1.165) is 50.5 Å². The van der Waals surface area contributed by atoms with E-state index in [1.165, 1.54) is 54.4 Å². The molecule has 3 heterocycles. The Morgan fingerprint density at radius 3 is 2.09 bits per heavy atom. The Morgan fingerprint density at radius 1 is 0.553 bits per heavy atom. The van der Waals surface area contributed by atoms with Crippen molar-refractivity contribution in [3.05, 3.63) is 121 Å². The van der Waals surface area contributed by atoms with Crippen LogP contribution in [0.2, 0.25) is 0 Å². The molecule has 4 aromatic carbocycles. The largest absolute Gasteiger partial charge is 0.455 e. The number of aromatic nitrogens is 4. The van der Waals surface area contributed by atoms with Crippen LogP contribution in [0, 0.1) is 23.7 Å². The predicted molar refractivity (Wildman–Crippen MR) is 184 cm³/mol. The van der Waals surface area contributed by atoms with Gasteiger partial charge in [-0.1, -0.05) is 72.8 Å². The maximum atomic E-state index is 6.45. The molecular formula is C42H32N4O. The lowest BCUT2D eigenvalue weighted by molar-refractivity contribution is -0.0400. The molecule has 3 aromatic heterocycles. The second kappa shape index (κ2) is 9.45. The van der Waals surface area contributed by atoms with Gasteiger partial charge >= 0.3 is 0 Å². The zero-order valence-electron chi connectivity index (χ0n) is 25.9. The van der Waals surface area contributed by atoms with Crippen molar-refractivity contribution in [1.82, 2.24) is 19.9 Å². The monoisotopic (exact) mass is 608 g/mol. The summed E-state index contributed by atoms with van der Waals surface area (Å²) >= 11 is 0. The summed E-state index contributed by atoms with van der Waals surface area (Å²) in [4.78, 5) is 20.2. The third-order valence-corrected chi connectivity index (χ3v) is 12.0. The summed E-state index contributed by atoms with van der Waals surface area (Å²) in [5.41, 5.74) is 10.2. The van der Waals surface area contributed by atoms with E-state index in [-0.39, 0.29) is 5.41 Å². The van der Waals surface area contributed by atoms with Crippen LogP contribution in [0.5, 0.6) is 0 Å². The number of pyridine rings is 1. The second-order valence-corrected chi connectivity index (χ2v) is 14.3. The molecule has 0 saturated heterocycles. The lowest BCUT2D eigenvalue weighted by Gasteiger charge is -2.61. The van der Waals surface area contributed by atoms with E-state index in [1.807, 2.05) is 36.5 Å². The van der Waals surface area contributed by atoms with Crippen LogP contribution in [0.1, 0.15) is 43.2 Å². The Labute approximate surface area is 272 Å². The van der Waals surface area contributed by atoms with Gasteiger partial charge in [0, 0.05) is 39.7 Å². The molecule has 226 valence electrons. The molecular weight excluding hydrogens is 576 g/mol. The Balaban J connectivity index is 1.13. The van der Waals surface area contributed by atoms with Gasteiger partial charge in [-0.2, -0.15) is 0 Å². The number of furan rings is 1. The minimum atomic E-state index is 0.0281. The van der Waals surface area contributed by atoms with Crippen molar-refractivity contribution in [2.24, 2.45) is 23.7 Å². The van der Waals surface area contributed by atoms with Gasteiger partial charge < -0.3 is 4.42 Å². The maximum absolute atomic E-state index is 6.45. The molecule has 5 heteroatoms. The van der Waals surface area contributed by atoms with Crippen molar-refractivity contribution in [2.45, 2.75) is 37.5 Å². The fraction of sp³-hybridized carbons (Fsp3) is 0.238. The fourth-order valence-corrected chi connectivity index (χ4v) is 10.4. The maximum Gasteiger partial charge on any atom is 0.167 e. The molecule has 0 aliphatic heterocycles. The molecule has 4 fully saturated rings. The Kier molecular flexibility index (Phi) is 5.22. The van der Waals surface area contributed by atoms with E-state index in [9.17, 15) is 0 Å². The molecule has 7 aromatic rings. The van der Waals surface area contributed by atoms with E-state index in [1.54, 1.807) is 0 Å². The van der Waals surface area contributed by atoms with Crippen LogP contribution in [0.3, 0.4) is 0 Å². The molecule has 47 heavy (non-hydrogen) atoms. The molecule has 5 aliphatic carbocycles. The quantitative estimate of drug-likeness (QED) is 0.200. The molecule has 1 spiro atoms. The predicted octanol–water partition coefficient (Wildman–Crippen LogP) is 9.89. The van der Waals surface area contributed by atoms with Crippen molar-refractivity contribution >= 4 is 21.9 Å². The number of hydrogen-bond donors (Lipinski definition) is 0. The van der Waals surface area contributed by atoms with Crippen molar-refractivity contribution in [3.63, 3.8) is 0 Å². The summed E-state index contributed by atoms with van der Waals surface area (Å²) in [6.45, 7) is 0. The van der Waals surface area contributed by atoms with Crippen LogP contribution in [-0.2, 0) is 5.41 Å². The van der Waals surface area contributed by atoms with Crippen LogP contribution in [0.15, 0.2) is 114 Å². The first-order valence-electron chi connectivity index (χ1n) is 17.1. The number of fused-ring (bicyclic) bond motifs is 6. The molecule has 4 saturated carbocycles. The third-order valence-electron chi connectivity index (χ3n) is 12.0. The minimum absolute atomic E-state index is 0.0281. The number of nitrogens with zero attached hydrogens (tertiary/aromatic N) is 4. The van der Waals surface area contributed by atoms with E-state index in [4.69, 9.17) is 24.4 Å². The van der Waals surface area contributed by atoms with Gasteiger partial charge in [-0.3, -0.25) is 4.98 Å². The van der Waals surface area contributed by atoms with Crippen molar-refractivity contribution in [3.8, 4) is 45.3 Å². The average Bonchev–Trinajstić information content (AvgIpc) is 3.64. The molecule has 0 N–H and O–H groups in total. The highest BCUT2D eigenvalue weighted by Crippen LogP contribution is 2.69. The lowest BCUT2D eigenvalue weighted by Crippen LogP contribution is -2.55. The highest BCUT2D eigenvalue weighted by molar-refractivity contribution is 6.09. The van der Waals surface area contributed by atoms with Crippen molar-refractivity contribution in [1.29, 1.82) is 0 Å². The van der Waals surface area contributed by atoms with Crippen LogP contribution in [-0.4, -0.2) is 19.9 Å². The third kappa shape index (κ3) is 3.54. The second-order valence-electron chi connectivity index (χ2n) is 14.3. The van der Waals surface area contributed by atoms with Gasteiger partial charge in [0.25, 0.3) is 0 Å². The zero-order chi connectivity index (χ0) is 30.7. The van der Waals surface area contributed by atoms with Crippen LogP contribution in [0.4, 0.5) is 0 Å². The summed E-state index contributed by atoms with van der Waals surface area (Å²) in [6.07, 6.45) is 10.9. The van der Waals surface area contributed by atoms with Gasteiger partial charge in [0.05, 0.1) is 5.56 Å². The normalized spacial score (nSPS) is 25.1. The van der Waals surface area contributed by atoms with Gasteiger partial charge in [0.2, 0.25) is 0 Å². The number of benzene rings is 4. The molecule has 0 amide bonds. The smallest absolute Gasteiger partial charge is 0.167 e. The Bertz CT molecular complexity index is 2360. The zero-order valence-corrected chi connectivity index (χ0v) is 25.9. The Hall–Kier alpha value is -5.16. The lowest BCUT2D eigenvalue weighted by atomic mass is 9.43. The van der Waals surface area contributed by atoms with Gasteiger partial charge in [-0.15, -0.1) is 0 Å². The van der Waals surface area contributed by atoms with Crippen LogP contribution >= 0.6 is 0 Å². The summed E-state index contributed by atoms with van der Waals surface area (Å²) in [7, 11) is 0. The first kappa shape index (κ1) is 26.0. The van der Waals surface area contributed by atoms with Gasteiger partial charge in [-0.25, -0.2) is 15.0 Å². The SMILES string of the molecule is c1ccc(-c2nc(-c3ccc4c(c3)C3(c5cnccc5-4)C4CC5CC(C4)CC3C5)nc(-c3cccc4c3oc3ccccc34)n2)cc1. The van der Waals surface area contributed by atoms with E-state index in [0.29, 0.717) is 29.3 Å². The summed E-state index contributed by atoms with van der Waals surface area (Å²) < 4.78 is 6.45. The van der Waals surface area contributed by atoms with Gasteiger partial charge in [-0.05, 0) is 102 Å². The van der Waals surface area contributed by atoms with Crippen LogP contribution < -0.4 is 0 Å². The number of hydrogen-bond acceptors (Lipinski definition) is 5. The van der Waals surface area contributed by atoms with E-state index in [2.05, 4.69) is 72.9 Å². The average molecular weight is 609 g/mol. The fourth-order valence-electron chi connectivity index (χ4n) is 10.4. The highest BCUT2D eigenvalue weighted by Gasteiger charge is 2.61. The van der Waals surface area contributed by atoms with Crippen LogP contribution in [0.25, 0.3) is 67.2 Å². The first-order valence-corrected chi connectivity index (χ1v) is 17.1. The number of rotatable bonds is 3. The standard InChI is InChI=1S/C42H32N4O/c1-2-7-26(8-3-1)39-44-40(46-41(45-39)34-11-6-10-33-32-9-4-5-12-37(32)47-38(33)34)27-13-14-30-31-15-16-43-23-36(31)42(35(30)22-27)28-18-24-17-25(20-28)21-29(42)19-24/h1-16,22-25,28-29H,17-21H2. The van der Waals surface area contributed by atoms with E-state index < -0.39 is 0 Å². The molecule has 5 aliphatic rings. The first-order chi connectivity index (χ1) is 23.2. The summed E-state index contributed by atoms with van der Waals surface area (Å²) in [6, 6.07) is 33.9. The molecule has 0 atom stereocenters. The molecule has 5 nitrogen and oxygen atoms in total. The minimum Gasteiger partial charge on any atom is -0.455 e. The highest BCUT2D eigenvalue weighted by atomic mass is 16.3. The topological polar surface area (TPSA) is 64.7 Å². The van der Waals surface area contributed by atoms with Gasteiger partial charge in [0.1, 0.15) is 11.2 Å². The molecule has 12 rings (SSSR count). The summed E-state index contributed by atoms with van der Waals surface area (Å²) in [5.74, 6) is 5.08. The van der Waals surface area contributed by atoms with Gasteiger partial charge in [0.15, 0.2) is 17.5 Å². The van der Waals surface area contributed by atoms with Crippen molar-refractivity contribution in [2.75, 3.05) is 0 Å². The van der Waals surface area contributed by atoms with Crippen molar-refractivity contribution < 1.29 is 4.42 Å².